The Kier molecular flexibility index (Phi) is 4.90. The first-order valence-electron chi connectivity index (χ1n) is 10.2. The van der Waals surface area contributed by atoms with Crippen LogP contribution in [0.25, 0.3) is 0 Å². The van der Waals surface area contributed by atoms with Crippen LogP contribution in [0.2, 0.25) is 0 Å². The highest BCUT2D eigenvalue weighted by Crippen LogP contribution is 2.47. The number of methoxy groups -OCH3 is 3. The molecule has 0 aliphatic carbocycles. The molecule has 3 aromatic carbocycles. The molecule has 2 aliphatic heterocycles. The Labute approximate surface area is 181 Å². The van der Waals surface area contributed by atoms with Gasteiger partial charge in [0.2, 0.25) is 6.23 Å². The molecule has 0 N–H and O–H groups in total. The Balaban J connectivity index is 1.55. The van der Waals surface area contributed by atoms with Gasteiger partial charge in [-0.05, 0) is 48.5 Å². The fraction of sp³-hybridized carbons (Fsp3) is 0.240. The van der Waals surface area contributed by atoms with E-state index < -0.39 is 0 Å². The Morgan fingerprint density at radius 1 is 0.871 bits per heavy atom. The van der Waals surface area contributed by atoms with E-state index in [9.17, 15) is 0 Å². The minimum Gasteiger partial charge on any atom is -0.497 e. The van der Waals surface area contributed by atoms with Gasteiger partial charge in [0.05, 0.1) is 33.1 Å². The zero-order valence-corrected chi connectivity index (χ0v) is 17.7. The van der Waals surface area contributed by atoms with Crippen LogP contribution in [0.4, 0.5) is 0 Å². The molecule has 0 spiro atoms. The quantitative estimate of drug-likeness (QED) is 0.589. The number of benzene rings is 3. The third kappa shape index (κ3) is 3.34. The van der Waals surface area contributed by atoms with Gasteiger partial charge in [-0.15, -0.1) is 0 Å². The van der Waals surface area contributed by atoms with Crippen molar-refractivity contribution in [2.75, 3.05) is 21.3 Å². The van der Waals surface area contributed by atoms with Crippen LogP contribution in [0.3, 0.4) is 0 Å². The molecular formula is C25H24N2O4. The minimum atomic E-state index is -0.316. The van der Waals surface area contributed by atoms with Crippen LogP contribution in [0.1, 0.15) is 35.4 Å². The highest BCUT2D eigenvalue weighted by atomic mass is 16.5. The van der Waals surface area contributed by atoms with Crippen molar-refractivity contribution in [2.24, 2.45) is 5.10 Å². The summed E-state index contributed by atoms with van der Waals surface area (Å²) in [5, 5.41) is 7.07. The average molecular weight is 416 g/mol. The van der Waals surface area contributed by atoms with E-state index in [0.717, 1.165) is 40.3 Å². The molecule has 0 aromatic heterocycles. The fourth-order valence-corrected chi connectivity index (χ4v) is 4.21. The highest BCUT2D eigenvalue weighted by Gasteiger charge is 2.40. The monoisotopic (exact) mass is 416 g/mol. The van der Waals surface area contributed by atoms with E-state index >= 15 is 0 Å². The molecule has 0 saturated heterocycles. The van der Waals surface area contributed by atoms with Crippen molar-refractivity contribution in [3.63, 3.8) is 0 Å². The number of para-hydroxylation sites is 1. The summed E-state index contributed by atoms with van der Waals surface area (Å²) in [6.45, 7) is 0. The second-order valence-electron chi connectivity index (χ2n) is 7.50. The Bertz CT molecular complexity index is 1130. The molecule has 0 saturated carbocycles. The maximum atomic E-state index is 6.40. The van der Waals surface area contributed by atoms with Crippen molar-refractivity contribution in [3.05, 3.63) is 83.4 Å². The van der Waals surface area contributed by atoms with Crippen molar-refractivity contribution in [2.45, 2.75) is 18.7 Å². The molecule has 5 rings (SSSR count). The van der Waals surface area contributed by atoms with Gasteiger partial charge < -0.3 is 18.9 Å². The summed E-state index contributed by atoms with van der Waals surface area (Å²) in [6, 6.07) is 22.1. The summed E-state index contributed by atoms with van der Waals surface area (Å²) >= 11 is 0. The first kappa shape index (κ1) is 19.3. The molecule has 0 amide bonds. The number of ether oxygens (including phenoxy) is 4. The van der Waals surface area contributed by atoms with Gasteiger partial charge in [-0.2, -0.15) is 5.10 Å². The SMILES string of the molecule is COc1ccc([C@@H]2Oc3ccccc3[C@@H]3CC(c4ccc(OC)c(OC)c4)=NN32)cc1. The zero-order chi connectivity index (χ0) is 21.4. The van der Waals surface area contributed by atoms with E-state index in [1.54, 1.807) is 21.3 Å². The third-order valence-corrected chi connectivity index (χ3v) is 5.82. The van der Waals surface area contributed by atoms with Crippen molar-refractivity contribution < 1.29 is 18.9 Å². The molecule has 0 fully saturated rings. The number of fused-ring (bicyclic) bond motifs is 3. The maximum Gasteiger partial charge on any atom is 0.213 e. The van der Waals surface area contributed by atoms with Gasteiger partial charge in [-0.1, -0.05) is 18.2 Å². The molecule has 31 heavy (non-hydrogen) atoms. The lowest BCUT2D eigenvalue weighted by molar-refractivity contribution is -0.0190. The van der Waals surface area contributed by atoms with Crippen LogP contribution in [0.15, 0.2) is 71.8 Å². The lowest BCUT2D eigenvalue weighted by Crippen LogP contribution is -2.33. The van der Waals surface area contributed by atoms with Crippen LogP contribution < -0.4 is 18.9 Å². The van der Waals surface area contributed by atoms with Gasteiger partial charge in [0.15, 0.2) is 11.5 Å². The molecule has 158 valence electrons. The number of nitrogens with zero attached hydrogens (tertiary/aromatic N) is 2. The summed E-state index contributed by atoms with van der Waals surface area (Å²) in [7, 11) is 4.95. The standard InChI is InChI=1S/C25H24N2O4/c1-28-18-11-8-16(9-12-18)25-27-21(19-6-4-5-7-22(19)31-25)15-20(26-27)17-10-13-23(29-2)24(14-17)30-3/h4-14,21,25H,15H2,1-3H3/t21-,25-/m0/s1. The number of hydrogen-bond donors (Lipinski definition) is 0. The summed E-state index contributed by atoms with van der Waals surface area (Å²) < 4.78 is 22.6. The van der Waals surface area contributed by atoms with Crippen molar-refractivity contribution >= 4 is 5.71 Å². The first-order valence-corrected chi connectivity index (χ1v) is 10.2. The highest BCUT2D eigenvalue weighted by molar-refractivity contribution is 6.02. The van der Waals surface area contributed by atoms with Crippen LogP contribution >= 0.6 is 0 Å². The number of rotatable bonds is 5. The average Bonchev–Trinajstić information content (AvgIpc) is 3.29. The molecule has 6 heteroatoms. The topological polar surface area (TPSA) is 52.5 Å². The molecule has 6 nitrogen and oxygen atoms in total. The summed E-state index contributed by atoms with van der Waals surface area (Å²) in [5.41, 5.74) is 4.17. The molecule has 2 heterocycles. The maximum absolute atomic E-state index is 6.40. The van der Waals surface area contributed by atoms with Gasteiger partial charge >= 0.3 is 0 Å². The van der Waals surface area contributed by atoms with Crippen LogP contribution in [-0.4, -0.2) is 32.0 Å². The Morgan fingerprint density at radius 3 is 2.39 bits per heavy atom. The second kappa shape index (κ2) is 7.87. The molecule has 0 radical (unpaired) electrons. The zero-order valence-electron chi connectivity index (χ0n) is 17.7. The van der Waals surface area contributed by atoms with Crippen LogP contribution in [0, 0.1) is 0 Å². The van der Waals surface area contributed by atoms with E-state index in [0.29, 0.717) is 11.5 Å². The third-order valence-electron chi connectivity index (χ3n) is 5.82. The Morgan fingerprint density at radius 2 is 1.65 bits per heavy atom. The lowest BCUT2D eigenvalue weighted by Gasteiger charge is -2.38. The minimum absolute atomic E-state index is 0.0974. The molecule has 2 aliphatic rings. The number of hydrogen-bond acceptors (Lipinski definition) is 6. The molecule has 2 atom stereocenters. The van der Waals surface area contributed by atoms with Gasteiger partial charge in [0, 0.05) is 23.1 Å². The summed E-state index contributed by atoms with van der Waals surface area (Å²) in [4.78, 5) is 0. The van der Waals surface area contributed by atoms with Gasteiger partial charge in [0.25, 0.3) is 0 Å². The smallest absolute Gasteiger partial charge is 0.213 e. The number of hydrazone groups is 1. The molecule has 0 unspecified atom stereocenters. The van der Waals surface area contributed by atoms with Gasteiger partial charge in [-0.3, -0.25) is 0 Å². The van der Waals surface area contributed by atoms with Gasteiger partial charge in [-0.25, -0.2) is 5.01 Å². The van der Waals surface area contributed by atoms with E-state index in [1.807, 2.05) is 60.7 Å². The Hall–Kier alpha value is -3.67. The van der Waals surface area contributed by atoms with E-state index in [2.05, 4.69) is 11.1 Å². The van der Waals surface area contributed by atoms with Gasteiger partial charge in [0.1, 0.15) is 11.5 Å². The molecule has 0 bridgehead atoms. The van der Waals surface area contributed by atoms with Crippen molar-refractivity contribution in [1.82, 2.24) is 5.01 Å². The molecular weight excluding hydrogens is 392 g/mol. The van der Waals surface area contributed by atoms with E-state index in [-0.39, 0.29) is 12.3 Å². The second-order valence-corrected chi connectivity index (χ2v) is 7.50. The summed E-state index contributed by atoms with van der Waals surface area (Å²) in [6.07, 6.45) is 0.464. The van der Waals surface area contributed by atoms with Crippen LogP contribution in [-0.2, 0) is 0 Å². The molecule has 3 aromatic rings. The fourth-order valence-electron chi connectivity index (χ4n) is 4.21. The van der Waals surface area contributed by atoms with E-state index in [4.69, 9.17) is 24.0 Å². The largest absolute Gasteiger partial charge is 0.497 e. The van der Waals surface area contributed by atoms with Crippen molar-refractivity contribution in [3.8, 4) is 23.0 Å². The predicted molar refractivity (Wildman–Crippen MR) is 118 cm³/mol. The normalized spacial score (nSPS) is 19.1. The lowest BCUT2D eigenvalue weighted by atomic mass is 9.96. The summed E-state index contributed by atoms with van der Waals surface area (Å²) in [5.74, 6) is 3.10. The first-order chi connectivity index (χ1) is 15.2. The van der Waals surface area contributed by atoms with Crippen molar-refractivity contribution in [1.29, 1.82) is 0 Å². The predicted octanol–water partition coefficient (Wildman–Crippen LogP) is 4.95. The van der Waals surface area contributed by atoms with Crippen LogP contribution in [0.5, 0.6) is 23.0 Å². The van der Waals surface area contributed by atoms with E-state index in [1.165, 1.54) is 0 Å².